The van der Waals surface area contributed by atoms with Crippen LogP contribution in [0.1, 0.15) is 12.5 Å². The van der Waals surface area contributed by atoms with Gasteiger partial charge in [-0.25, -0.2) is 0 Å². The number of hydrogen-bond acceptors (Lipinski definition) is 2. The van der Waals surface area contributed by atoms with E-state index in [0.29, 0.717) is 0 Å². The van der Waals surface area contributed by atoms with Gasteiger partial charge in [0.1, 0.15) is 0 Å². The average Bonchev–Trinajstić information content (AvgIpc) is 2.47. The largest absolute Gasteiger partial charge is 0.368 e. The number of hydrogen-bond donors (Lipinski definition) is 1. The standard InChI is InChI=1S/C16H20N2.ClH/c1-2-13-11-14-5-3-4-6-15(14)16(12-13)18-9-7-17-8-10-18;/h3-6,11-12,17H,2,7-10H2,1H3;1H. The van der Waals surface area contributed by atoms with Gasteiger partial charge in [-0.15, -0.1) is 12.4 Å². The van der Waals surface area contributed by atoms with Crippen LogP contribution in [-0.2, 0) is 6.42 Å². The predicted octanol–water partition coefficient (Wildman–Crippen LogP) is 3.23. The Hall–Kier alpha value is -1.25. The van der Waals surface area contributed by atoms with Gasteiger partial charge in [-0.3, -0.25) is 0 Å². The first kappa shape index (κ1) is 14.2. The minimum absolute atomic E-state index is 0. The Morgan fingerprint density at radius 2 is 1.84 bits per heavy atom. The van der Waals surface area contributed by atoms with E-state index in [2.05, 4.69) is 53.5 Å². The van der Waals surface area contributed by atoms with E-state index in [9.17, 15) is 0 Å². The molecule has 1 aliphatic heterocycles. The molecule has 0 bridgehead atoms. The van der Waals surface area contributed by atoms with E-state index < -0.39 is 0 Å². The zero-order chi connectivity index (χ0) is 12.4. The molecule has 0 unspecified atom stereocenters. The summed E-state index contributed by atoms with van der Waals surface area (Å²) in [4.78, 5) is 2.51. The third-order valence-corrected chi connectivity index (χ3v) is 3.77. The summed E-state index contributed by atoms with van der Waals surface area (Å²) in [6, 6.07) is 13.4. The number of nitrogens with one attached hydrogen (secondary N) is 1. The van der Waals surface area contributed by atoms with Gasteiger partial charge in [-0.05, 0) is 23.4 Å². The summed E-state index contributed by atoms with van der Waals surface area (Å²) >= 11 is 0. The van der Waals surface area contributed by atoms with Gasteiger partial charge in [-0.2, -0.15) is 0 Å². The Morgan fingerprint density at radius 3 is 2.58 bits per heavy atom. The highest BCUT2D eigenvalue weighted by Gasteiger charge is 2.13. The Labute approximate surface area is 121 Å². The zero-order valence-electron chi connectivity index (χ0n) is 11.4. The summed E-state index contributed by atoms with van der Waals surface area (Å²) in [5.41, 5.74) is 2.84. The van der Waals surface area contributed by atoms with E-state index in [0.717, 1.165) is 32.6 Å². The van der Waals surface area contributed by atoms with E-state index in [4.69, 9.17) is 0 Å². The molecule has 1 saturated heterocycles. The van der Waals surface area contributed by atoms with Crippen molar-refractivity contribution in [1.82, 2.24) is 5.32 Å². The molecule has 1 fully saturated rings. The van der Waals surface area contributed by atoms with Gasteiger partial charge in [0.2, 0.25) is 0 Å². The topological polar surface area (TPSA) is 15.3 Å². The second kappa shape index (κ2) is 6.27. The second-order valence-corrected chi connectivity index (χ2v) is 4.93. The molecule has 1 aliphatic rings. The molecule has 0 spiro atoms. The van der Waals surface area contributed by atoms with Crippen LogP contribution in [0.2, 0.25) is 0 Å². The first-order valence-corrected chi connectivity index (χ1v) is 6.86. The highest BCUT2D eigenvalue weighted by atomic mass is 35.5. The first-order chi connectivity index (χ1) is 8.88. The van der Waals surface area contributed by atoms with Crippen LogP contribution in [0.4, 0.5) is 5.69 Å². The molecule has 0 atom stereocenters. The highest BCUT2D eigenvalue weighted by molar-refractivity contribution is 5.95. The fourth-order valence-corrected chi connectivity index (χ4v) is 2.72. The van der Waals surface area contributed by atoms with Crippen molar-refractivity contribution in [3.05, 3.63) is 42.0 Å². The summed E-state index contributed by atoms with van der Waals surface area (Å²) < 4.78 is 0. The summed E-state index contributed by atoms with van der Waals surface area (Å²) in [6.45, 7) is 6.62. The van der Waals surface area contributed by atoms with Crippen molar-refractivity contribution in [2.45, 2.75) is 13.3 Å². The number of rotatable bonds is 2. The van der Waals surface area contributed by atoms with Crippen molar-refractivity contribution in [2.24, 2.45) is 0 Å². The Morgan fingerprint density at radius 1 is 1.11 bits per heavy atom. The number of fused-ring (bicyclic) bond motifs is 1. The van der Waals surface area contributed by atoms with Crippen molar-refractivity contribution in [3.63, 3.8) is 0 Å². The maximum Gasteiger partial charge on any atom is 0.0449 e. The highest BCUT2D eigenvalue weighted by Crippen LogP contribution is 2.29. The SMILES string of the molecule is CCc1cc(N2CCNCC2)c2ccccc2c1.Cl. The normalized spacial score (nSPS) is 15.3. The second-order valence-electron chi connectivity index (χ2n) is 4.93. The van der Waals surface area contributed by atoms with Crippen molar-refractivity contribution in [3.8, 4) is 0 Å². The lowest BCUT2D eigenvalue weighted by Crippen LogP contribution is -2.43. The molecule has 0 saturated carbocycles. The molecule has 2 aromatic rings. The molecule has 19 heavy (non-hydrogen) atoms. The third-order valence-electron chi connectivity index (χ3n) is 3.77. The fourth-order valence-electron chi connectivity index (χ4n) is 2.72. The monoisotopic (exact) mass is 276 g/mol. The van der Waals surface area contributed by atoms with Crippen molar-refractivity contribution in [2.75, 3.05) is 31.1 Å². The molecular weight excluding hydrogens is 256 g/mol. The molecule has 3 rings (SSSR count). The van der Waals surface area contributed by atoms with Crippen molar-refractivity contribution < 1.29 is 0 Å². The van der Waals surface area contributed by atoms with Gasteiger partial charge in [0.05, 0.1) is 0 Å². The van der Waals surface area contributed by atoms with E-state index in [1.54, 1.807) is 0 Å². The third kappa shape index (κ3) is 2.85. The van der Waals surface area contributed by atoms with E-state index in [1.165, 1.54) is 22.0 Å². The lowest BCUT2D eigenvalue weighted by atomic mass is 10.0. The quantitative estimate of drug-likeness (QED) is 0.906. The van der Waals surface area contributed by atoms with Crippen LogP contribution in [0.3, 0.4) is 0 Å². The molecule has 0 aromatic heterocycles. The van der Waals surface area contributed by atoms with Gasteiger partial charge in [0.25, 0.3) is 0 Å². The molecule has 2 nitrogen and oxygen atoms in total. The van der Waals surface area contributed by atoms with Gasteiger partial charge in [0.15, 0.2) is 0 Å². The van der Waals surface area contributed by atoms with Gasteiger partial charge in [-0.1, -0.05) is 37.3 Å². The fraction of sp³-hybridized carbons (Fsp3) is 0.375. The lowest BCUT2D eigenvalue weighted by Gasteiger charge is -2.31. The van der Waals surface area contributed by atoms with Crippen molar-refractivity contribution >= 4 is 28.9 Å². The molecule has 0 radical (unpaired) electrons. The minimum Gasteiger partial charge on any atom is -0.368 e. The molecular formula is C16H21ClN2. The molecule has 102 valence electrons. The predicted molar refractivity (Wildman–Crippen MR) is 85.7 cm³/mol. The molecule has 1 N–H and O–H groups in total. The molecule has 1 heterocycles. The van der Waals surface area contributed by atoms with Gasteiger partial charge < -0.3 is 10.2 Å². The zero-order valence-corrected chi connectivity index (χ0v) is 12.2. The number of halogens is 1. The summed E-state index contributed by atoms with van der Waals surface area (Å²) in [5, 5.41) is 6.17. The number of benzene rings is 2. The number of anilines is 1. The number of nitrogens with zero attached hydrogens (tertiary/aromatic N) is 1. The smallest absolute Gasteiger partial charge is 0.0449 e. The van der Waals surface area contributed by atoms with Crippen LogP contribution in [0.25, 0.3) is 10.8 Å². The summed E-state index contributed by atoms with van der Waals surface area (Å²) in [7, 11) is 0. The summed E-state index contributed by atoms with van der Waals surface area (Å²) in [5.74, 6) is 0. The van der Waals surface area contributed by atoms with E-state index in [-0.39, 0.29) is 12.4 Å². The van der Waals surface area contributed by atoms with Crippen LogP contribution in [0, 0.1) is 0 Å². The Balaban J connectivity index is 0.00000133. The maximum atomic E-state index is 3.42. The van der Waals surface area contributed by atoms with Crippen LogP contribution in [-0.4, -0.2) is 26.2 Å². The maximum absolute atomic E-state index is 3.42. The first-order valence-electron chi connectivity index (χ1n) is 6.86. The number of aryl methyl sites for hydroxylation is 1. The average molecular weight is 277 g/mol. The van der Waals surface area contributed by atoms with Crippen molar-refractivity contribution in [1.29, 1.82) is 0 Å². The van der Waals surface area contributed by atoms with Crippen LogP contribution >= 0.6 is 12.4 Å². The molecule has 3 heteroatoms. The molecule has 2 aromatic carbocycles. The number of piperazine rings is 1. The van der Waals surface area contributed by atoms with Crippen LogP contribution in [0.15, 0.2) is 36.4 Å². The van der Waals surface area contributed by atoms with Crippen LogP contribution in [0.5, 0.6) is 0 Å². The Kier molecular flexibility index (Phi) is 4.67. The van der Waals surface area contributed by atoms with E-state index >= 15 is 0 Å². The molecule has 0 amide bonds. The molecule has 0 aliphatic carbocycles. The summed E-state index contributed by atoms with van der Waals surface area (Å²) in [6.07, 6.45) is 1.10. The van der Waals surface area contributed by atoms with Crippen LogP contribution < -0.4 is 10.2 Å². The minimum atomic E-state index is 0. The van der Waals surface area contributed by atoms with Gasteiger partial charge in [0, 0.05) is 37.3 Å². The van der Waals surface area contributed by atoms with Gasteiger partial charge >= 0.3 is 0 Å². The van der Waals surface area contributed by atoms with E-state index in [1.807, 2.05) is 0 Å². The Bertz CT molecular complexity index is 547. The lowest BCUT2D eigenvalue weighted by molar-refractivity contribution is 0.590.